The van der Waals surface area contributed by atoms with Crippen molar-refractivity contribution in [1.29, 1.82) is 0 Å². The van der Waals surface area contributed by atoms with Gasteiger partial charge in [0.25, 0.3) is 0 Å². The number of methoxy groups -OCH3 is 1. The first kappa shape index (κ1) is 20.2. The second-order valence-corrected chi connectivity index (χ2v) is 7.86. The molecule has 5 rings (SSSR count). The fourth-order valence-electron chi connectivity index (χ4n) is 4.03. The summed E-state index contributed by atoms with van der Waals surface area (Å²) >= 11 is 0. The van der Waals surface area contributed by atoms with Gasteiger partial charge >= 0.3 is 11.7 Å². The number of rotatable bonds is 7. The number of carbonyl (C=O) groups is 1. The Balaban J connectivity index is 1.49. The molecule has 1 N–H and O–H groups in total. The lowest BCUT2D eigenvalue weighted by Gasteiger charge is -2.07. The van der Waals surface area contributed by atoms with Gasteiger partial charge in [-0.15, -0.1) is 0 Å². The summed E-state index contributed by atoms with van der Waals surface area (Å²) in [5, 5.41) is 3.40. The van der Waals surface area contributed by atoms with E-state index < -0.39 is 6.04 Å². The van der Waals surface area contributed by atoms with Crippen molar-refractivity contribution in [2.45, 2.75) is 25.5 Å². The summed E-state index contributed by atoms with van der Waals surface area (Å²) in [6.45, 7) is 0.409. The number of fused-ring (bicyclic) bond motifs is 1. The third-order valence-corrected chi connectivity index (χ3v) is 5.56. The Kier molecular flexibility index (Phi) is 5.52. The van der Waals surface area contributed by atoms with E-state index in [9.17, 15) is 4.79 Å². The van der Waals surface area contributed by atoms with Crippen LogP contribution in [0.2, 0.25) is 0 Å². The second-order valence-electron chi connectivity index (χ2n) is 7.86. The topological polar surface area (TPSA) is 68.2 Å². The molecular formula is C26H24N3O3+. The monoisotopic (exact) mass is 426 g/mol. The molecule has 0 amide bonds. The highest BCUT2D eigenvalue weighted by Crippen LogP contribution is 2.25. The molecule has 3 heterocycles. The van der Waals surface area contributed by atoms with Gasteiger partial charge in [-0.25, -0.2) is 9.78 Å². The summed E-state index contributed by atoms with van der Waals surface area (Å²) in [5.41, 5.74) is 3.73. The fraction of sp³-hybridized carbons (Fsp3) is 0.192. The average molecular weight is 426 g/mol. The van der Waals surface area contributed by atoms with Crippen LogP contribution in [0.25, 0.3) is 11.3 Å². The first-order valence-corrected chi connectivity index (χ1v) is 10.6. The van der Waals surface area contributed by atoms with Crippen LogP contribution in [-0.2, 0) is 24.2 Å². The molecule has 0 radical (unpaired) electrons. The summed E-state index contributed by atoms with van der Waals surface area (Å²) in [6.07, 6.45) is 2.91. The molecule has 0 fully saturated rings. The number of hydrogen-bond acceptors (Lipinski definition) is 5. The van der Waals surface area contributed by atoms with Crippen LogP contribution in [0, 0.1) is 0 Å². The van der Waals surface area contributed by atoms with Gasteiger partial charge in [-0.2, -0.15) is 4.57 Å². The quantitative estimate of drug-likeness (QED) is 0.452. The molecule has 4 aromatic rings. The van der Waals surface area contributed by atoms with Gasteiger partial charge in [0.2, 0.25) is 6.04 Å². The van der Waals surface area contributed by atoms with Crippen LogP contribution in [0.3, 0.4) is 0 Å². The average Bonchev–Trinajstić information content (AvgIpc) is 3.40. The maximum atomic E-state index is 13.3. The van der Waals surface area contributed by atoms with E-state index in [4.69, 9.17) is 14.1 Å². The Labute approximate surface area is 186 Å². The molecule has 0 spiro atoms. The van der Waals surface area contributed by atoms with Crippen LogP contribution < -0.4 is 9.88 Å². The zero-order valence-corrected chi connectivity index (χ0v) is 17.8. The van der Waals surface area contributed by atoms with Gasteiger partial charge in [0.15, 0.2) is 0 Å². The second kappa shape index (κ2) is 8.77. The number of furan rings is 1. The summed E-state index contributed by atoms with van der Waals surface area (Å²) in [7, 11) is 1.63. The highest BCUT2D eigenvalue weighted by molar-refractivity contribution is 5.82. The maximum Gasteiger partial charge on any atom is 0.359 e. The Hall–Kier alpha value is -3.77. The number of benzene rings is 2. The van der Waals surface area contributed by atoms with Crippen LogP contribution in [0.5, 0.6) is 0 Å². The van der Waals surface area contributed by atoms with Crippen LogP contribution in [-0.4, -0.2) is 24.0 Å². The van der Waals surface area contributed by atoms with Crippen molar-refractivity contribution in [1.82, 2.24) is 4.98 Å². The van der Waals surface area contributed by atoms with Crippen LogP contribution >= 0.6 is 0 Å². The SMILES string of the molecule is COCc1ccc(CC2Nc3c(Cc4ccccc4)nc(-c4ccccc4)c[n+]3C2=O)o1. The van der Waals surface area contributed by atoms with Crippen molar-refractivity contribution in [3.8, 4) is 11.3 Å². The molecule has 32 heavy (non-hydrogen) atoms. The summed E-state index contributed by atoms with van der Waals surface area (Å²) in [4.78, 5) is 18.3. The summed E-state index contributed by atoms with van der Waals surface area (Å²) in [6, 6.07) is 23.5. The molecule has 1 atom stereocenters. The zero-order valence-electron chi connectivity index (χ0n) is 17.8. The van der Waals surface area contributed by atoms with Gasteiger partial charge in [0.1, 0.15) is 35.7 Å². The Bertz CT molecular complexity index is 1240. The number of ether oxygens (including phenoxy) is 1. The van der Waals surface area contributed by atoms with E-state index in [1.54, 1.807) is 11.7 Å². The molecule has 1 aliphatic rings. The van der Waals surface area contributed by atoms with Gasteiger partial charge in [-0.3, -0.25) is 5.32 Å². The molecule has 1 aliphatic heterocycles. The molecule has 0 saturated heterocycles. The first-order valence-electron chi connectivity index (χ1n) is 10.6. The molecule has 0 bridgehead atoms. The van der Waals surface area contributed by atoms with E-state index in [-0.39, 0.29) is 5.91 Å². The van der Waals surface area contributed by atoms with E-state index in [2.05, 4.69) is 17.4 Å². The molecule has 2 aromatic heterocycles. The summed E-state index contributed by atoms with van der Waals surface area (Å²) < 4.78 is 12.6. The Morgan fingerprint density at radius 3 is 2.47 bits per heavy atom. The predicted octanol–water partition coefficient (Wildman–Crippen LogP) is 4.04. The van der Waals surface area contributed by atoms with E-state index in [1.165, 1.54) is 0 Å². The lowest BCUT2D eigenvalue weighted by Crippen LogP contribution is -2.44. The van der Waals surface area contributed by atoms with Crippen molar-refractivity contribution in [2.24, 2.45) is 0 Å². The number of nitrogens with one attached hydrogen (secondary N) is 1. The number of anilines is 1. The normalized spacial score (nSPS) is 14.9. The van der Waals surface area contributed by atoms with E-state index in [0.29, 0.717) is 19.4 Å². The molecule has 6 nitrogen and oxygen atoms in total. The standard InChI is InChI=1S/C26H23N3O3/c1-31-17-21-13-12-20(32-21)15-23-26(30)29-16-24(19-10-6-3-7-11-19)27-22(25(29)28-23)14-18-8-4-2-5-9-18/h2-13,16,23H,14-15,17H2,1H3/p+1. The molecule has 0 aliphatic carbocycles. The van der Waals surface area contributed by atoms with E-state index >= 15 is 0 Å². The van der Waals surface area contributed by atoms with Crippen molar-refractivity contribution < 1.29 is 18.5 Å². The number of aromatic nitrogens is 2. The third-order valence-electron chi connectivity index (χ3n) is 5.56. The van der Waals surface area contributed by atoms with Gasteiger partial charge in [-0.1, -0.05) is 60.7 Å². The molecular weight excluding hydrogens is 402 g/mol. The minimum absolute atomic E-state index is 0.0152. The minimum Gasteiger partial charge on any atom is -0.463 e. The molecule has 2 aromatic carbocycles. The number of hydrogen-bond donors (Lipinski definition) is 1. The van der Waals surface area contributed by atoms with Gasteiger partial charge in [0, 0.05) is 19.1 Å². The smallest absolute Gasteiger partial charge is 0.359 e. The maximum absolute atomic E-state index is 13.3. The third kappa shape index (κ3) is 4.05. The van der Waals surface area contributed by atoms with Gasteiger partial charge in [-0.05, 0) is 17.7 Å². The predicted molar refractivity (Wildman–Crippen MR) is 120 cm³/mol. The molecule has 0 saturated carbocycles. The lowest BCUT2D eigenvalue weighted by atomic mass is 10.1. The molecule has 1 unspecified atom stereocenters. The highest BCUT2D eigenvalue weighted by Gasteiger charge is 2.41. The fourth-order valence-corrected chi connectivity index (χ4v) is 4.03. The molecule has 6 heteroatoms. The Morgan fingerprint density at radius 1 is 1.00 bits per heavy atom. The largest absolute Gasteiger partial charge is 0.463 e. The molecule has 160 valence electrons. The van der Waals surface area contributed by atoms with Crippen molar-refractivity contribution in [2.75, 3.05) is 12.4 Å². The van der Waals surface area contributed by atoms with Crippen LogP contribution in [0.15, 0.2) is 83.4 Å². The summed E-state index contributed by atoms with van der Waals surface area (Å²) in [5.74, 6) is 2.22. The van der Waals surface area contributed by atoms with Crippen LogP contribution in [0.1, 0.15) is 27.6 Å². The van der Waals surface area contributed by atoms with Crippen molar-refractivity contribution in [3.05, 3.63) is 102 Å². The van der Waals surface area contributed by atoms with E-state index in [0.717, 1.165) is 39.9 Å². The number of nitrogens with zero attached hydrogens (tertiary/aromatic N) is 2. The van der Waals surface area contributed by atoms with Crippen molar-refractivity contribution >= 4 is 11.7 Å². The van der Waals surface area contributed by atoms with Crippen molar-refractivity contribution in [3.63, 3.8) is 0 Å². The van der Waals surface area contributed by atoms with E-state index in [1.807, 2.05) is 66.9 Å². The van der Waals surface area contributed by atoms with Crippen LogP contribution in [0.4, 0.5) is 5.82 Å². The first-order chi connectivity index (χ1) is 15.7. The lowest BCUT2D eigenvalue weighted by molar-refractivity contribution is -0.552. The number of carbonyl (C=O) groups excluding carboxylic acids is 1. The highest BCUT2D eigenvalue weighted by atomic mass is 16.5. The zero-order chi connectivity index (χ0) is 21.9. The Morgan fingerprint density at radius 2 is 1.72 bits per heavy atom. The van der Waals surface area contributed by atoms with Gasteiger partial charge < -0.3 is 9.15 Å². The minimum atomic E-state index is -0.418. The van der Waals surface area contributed by atoms with Gasteiger partial charge in [0.05, 0.1) is 6.42 Å².